The Morgan fingerprint density at radius 1 is 1.00 bits per heavy atom. The predicted octanol–water partition coefficient (Wildman–Crippen LogP) is 4.01. The number of carbonyl (C=O) groups is 3. The molecule has 1 N–H and O–H groups in total. The normalized spacial score (nSPS) is 27.2. The fraction of sp³-hybridized carbons (Fsp3) is 0.618. The van der Waals surface area contributed by atoms with Gasteiger partial charge >= 0.3 is 0 Å². The van der Waals surface area contributed by atoms with Crippen molar-refractivity contribution in [2.75, 3.05) is 56.2 Å². The number of carbonyl (C=O) groups excluding carboxylic acids is 3. The molecule has 9 heteroatoms. The van der Waals surface area contributed by atoms with E-state index in [1.807, 2.05) is 31.2 Å². The number of hydrogen-bond donors (Lipinski definition) is 1. The number of fused-ring (bicyclic) bond motifs is 1. The van der Waals surface area contributed by atoms with E-state index in [1.165, 1.54) is 0 Å². The smallest absolute Gasteiger partial charge is 0.253 e. The van der Waals surface area contributed by atoms with Gasteiger partial charge in [0.15, 0.2) is 0 Å². The number of aliphatic hydroxyl groups excluding tert-OH is 1. The van der Waals surface area contributed by atoms with Crippen LogP contribution in [0.3, 0.4) is 0 Å². The Labute approximate surface area is 257 Å². The number of aliphatic hydroxyl groups is 1. The number of unbranched alkanes of at least 4 members (excludes halogenated alkanes) is 3. The van der Waals surface area contributed by atoms with E-state index in [0.29, 0.717) is 38.8 Å². The molecular weight excluding hydrogens is 544 g/mol. The third-order valence-electron chi connectivity index (χ3n) is 9.73. The molecule has 1 spiro atoms. The molecule has 3 aliphatic heterocycles. The van der Waals surface area contributed by atoms with E-state index in [2.05, 4.69) is 31.9 Å². The summed E-state index contributed by atoms with van der Waals surface area (Å²) >= 11 is 0. The minimum absolute atomic E-state index is 0.132. The second-order valence-corrected chi connectivity index (χ2v) is 12.3. The summed E-state index contributed by atoms with van der Waals surface area (Å²) in [5.41, 5.74) is -0.0975. The number of likely N-dealkylation sites (tertiary alicyclic amines) is 1. The second-order valence-electron chi connectivity index (χ2n) is 12.3. The molecule has 0 radical (unpaired) electrons. The number of rotatable bonds is 16. The molecule has 3 fully saturated rings. The van der Waals surface area contributed by atoms with Gasteiger partial charge in [0.1, 0.15) is 11.6 Å². The molecule has 1 aromatic carbocycles. The minimum atomic E-state index is -1.08. The van der Waals surface area contributed by atoms with E-state index in [0.717, 1.165) is 37.3 Å². The van der Waals surface area contributed by atoms with Crippen LogP contribution in [-0.2, 0) is 19.1 Å². The molecule has 2 bridgehead atoms. The molecule has 0 aromatic heterocycles. The molecule has 3 heterocycles. The highest BCUT2D eigenvalue weighted by Crippen LogP contribution is 2.63. The Morgan fingerprint density at radius 3 is 2.23 bits per heavy atom. The lowest BCUT2D eigenvalue weighted by Crippen LogP contribution is -2.56. The molecule has 3 amide bonds. The van der Waals surface area contributed by atoms with E-state index in [9.17, 15) is 19.5 Å². The van der Waals surface area contributed by atoms with Crippen LogP contribution in [0.5, 0.6) is 0 Å². The van der Waals surface area contributed by atoms with E-state index >= 15 is 0 Å². The summed E-state index contributed by atoms with van der Waals surface area (Å²) in [6.07, 6.45) is 7.58. The topological polar surface area (TPSA) is 93.6 Å². The van der Waals surface area contributed by atoms with Crippen molar-refractivity contribution in [3.8, 4) is 0 Å². The lowest BCUT2D eigenvalue weighted by atomic mass is 9.66. The highest BCUT2D eigenvalue weighted by atomic mass is 16.5. The first-order valence-corrected chi connectivity index (χ1v) is 15.9. The average Bonchev–Trinajstić information content (AvgIpc) is 3.57. The van der Waals surface area contributed by atoms with Crippen molar-refractivity contribution in [2.45, 2.75) is 76.5 Å². The summed E-state index contributed by atoms with van der Waals surface area (Å²) in [5, 5.41) is 9.21. The zero-order valence-electron chi connectivity index (χ0n) is 26.5. The largest absolute Gasteiger partial charge is 0.396 e. The first-order chi connectivity index (χ1) is 20.6. The monoisotopic (exact) mass is 594 g/mol. The minimum Gasteiger partial charge on any atom is -0.396 e. The van der Waals surface area contributed by atoms with Gasteiger partial charge in [-0.2, -0.15) is 0 Å². The molecule has 0 aliphatic carbocycles. The molecule has 236 valence electrons. The van der Waals surface area contributed by atoms with Crippen molar-refractivity contribution in [1.82, 2.24) is 9.80 Å². The molecule has 9 nitrogen and oxygen atoms in total. The third-order valence-corrected chi connectivity index (χ3v) is 9.73. The van der Waals surface area contributed by atoms with Crippen LogP contribution >= 0.6 is 0 Å². The zero-order chi connectivity index (χ0) is 31.4. The Kier molecular flexibility index (Phi) is 10.4. The summed E-state index contributed by atoms with van der Waals surface area (Å²) < 4.78 is 6.81. The molecule has 3 aliphatic rings. The summed E-state index contributed by atoms with van der Waals surface area (Å²) in [7, 11) is 1.72. The first kappa shape index (κ1) is 32.7. The highest BCUT2D eigenvalue weighted by Gasteiger charge is 2.78. The average molecular weight is 595 g/mol. The molecule has 2 unspecified atom stereocenters. The molecule has 1 aromatic rings. The number of nitrogens with zero attached hydrogens (tertiary/aromatic N) is 4. The molecule has 5 atom stereocenters. The molecular formula is C34H50N4O5. The summed E-state index contributed by atoms with van der Waals surface area (Å²) in [6, 6.07) is 7.09. The number of hydrogen-bond acceptors (Lipinski definition) is 6. The van der Waals surface area contributed by atoms with Crippen LogP contribution < -0.4 is 9.80 Å². The predicted molar refractivity (Wildman–Crippen MR) is 170 cm³/mol. The summed E-state index contributed by atoms with van der Waals surface area (Å²) in [4.78, 5) is 50.2. The van der Waals surface area contributed by atoms with Gasteiger partial charge in [0.05, 0.1) is 17.4 Å². The fourth-order valence-corrected chi connectivity index (χ4v) is 7.62. The standard InChI is InChI=1S/C34H50N4O5/c1-7-21-35(6)30(40)27-28-31(41)38(23-13-11-12-14-24-39)29(34(28)20-19-33(27,5)43-34)32(42)37(22-8-2)26-17-15-25(16-18-26)36(9-3)10-4/h7-8,15-18,27-29,39H,1-2,9-14,19-24H2,3-6H3/t27-,28-,29?,33+,34?/m0/s1. The van der Waals surface area contributed by atoms with Crippen LogP contribution in [0.25, 0.3) is 0 Å². The van der Waals surface area contributed by atoms with Crippen molar-refractivity contribution in [3.63, 3.8) is 0 Å². The van der Waals surface area contributed by atoms with Crippen LogP contribution in [0.2, 0.25) is 0 Å². The van der Waals surface area contributed by atoms with Crippen LogP contribution in [-0.4, -0.2) is 96.3 Å². The zero-order valence-corrected chi connectivity index (χ0v) is 26.5. The van der Waals surface area contributed by atoms with Gasteiger partial charge in [0, 0.05) is 57.8 Å². The van der Waals surface area contributed by atoms with Crippen LogP contribution in [0, 0.1) is 11.8 Å². The van der Waals surface area contributed by atoms with Crippen LogP contribution in [0.4, 0.5) is 11.4 Å². The van der Waals surface area contributed by atoms with Crippen molar-refractivity contribution >= 4 is 29.1 Å². The van der Waals surface area contributed by atoms with Gasteiger partial charge in [-0.05, 0) is 70.7 Å². The number of benzene rings is 1. The van der Waals surface area contributed by atoms with Crippen LogP contribution in [0.1, 0.15) is 59.3 Å². The van der Waals surface area contributed by atoms with Gasteiger partial charge in [0.25, 0.3) is 5.91 Å². The number of ether oxygens (including phenoxy) is 1. The second kappa shape index (κ2) is 13.6. The van der Waals surface area contributed by atoms with E-state index in [4.69, 9.17) is 4.74 Å². The fourth-order valence-electron chi connectivity index (χ4n) is 7.62. The summed E-state index contributed by atoms with van der Waals surface area (Å²) in [6.45, 7) is 16.8. The van der Waals surface area contributed by atoms with Crippen LogP contribution in [0.15, 0.2) is 49.6 Å². The quantitative estimate of drug-likeness (QED) is 0.230. The van der Waals surface area contributed by atoms with E-state index in [-0.39, 0.29) is 30.9 Å². The Balaban J connectivity index is 1.73. The highest BCUT2D eigenvalue weighted by molar-refractivity contribution is 6.05. The Hall–Kier alpha value is -3.17. The van der Waals surface area contributed by atoms with Crippen molar-refractivity contribution in [3.05, 3.63) is 49.6 Å². The first-order valence-electron chi connectivity index (χ1n) is 15.9. The number of anilines is 2. The van der Waals surface area contributed by atoms with Crippen molar-refractivity contribution in [2.24, 2.45) is 11.8 Å². The Morgan fingerprint density at radius 2 is 1.63 bits per heavy atom. The lowest BCUT2D eigenvalue weighted by molar-refractivity contribution is -0.149. The van der Waals surface area contributed by atoms with Gasteiger partial charge < -0.3 is 29.4 Å². The SMILES string of the molecule is C=CCN(C)C(=O)[C@@H]1[C@H]2C(=O)N(CCCCCCO)C(C(=O)N(CC=C)c3ccc(N(CC)CC)cc3)C23CC[C@@]1(C)O3. The number of amides is 3. The molecule has 43 heavy (non-hydrogen) atoms. The molecule has 3 saturated heterocycles. The molecule has 0 saturated carbocycles. The molecule has 4 rings (SSSR count). The van der Waals surface area contributed by atoms with Gasteiger partial charge in [-0.25, -0.2) is 0 Å². The maximum absolute atomic E-state index is 14.8. The lowest BCUT2D eigenvalue weighted by Gasteiger charge is -2.37. The number of likely N-dealkylation sites (N-methyl/N-ethyl adjacent to an activating group) is 1. The van der Waals surface area contributed by atoms with Gasteiger partial charge in [-0.1, -0.05) is 25.0 Å². The van der Waals surface area contributed by atoms with Crippen molar-refractivity contribution in [1.29, 1.82) is 0 Å². The van der Waals surface area contributed by atoms with E-state index < -0.39 is 29.1 Å². The Bertz CT molecular complexity index is 1180. The van der Waals surface area contributed by atoms with Gasteiger partial charge in [-0.3, -0.25) is 14.4 Å². The van der Waals surface area contributed by atoms with Gasteiger partial charge in [-0.15, -0.1) is 13.2 Å². The van der Waals surface area contributed by atoms with Crippen molar-refractivity contribution < 1.29 is 24.2 Å². The maximum Gasteiger partial charge on any atom is 0.253 e. The summed E-state index contributed by atoms with van der Waals surface area (Å²) in [5.74, 6) is -1.93. The maximum atomic E-state index is 14.8. The van der Waals surface area contributed by atoms with Gasteiger partial charge in [0.2, 0.25) is 11.8 Å². The van der Waals surface area contributed by atoms with E-state index in [1.54, 1.807) is 33.9 Å². The third kappa shape index (κ3) is 5.86.